The molecule has 6 unspecified atom stereocenters. The molecule has 0 spiro atoms. The molecular weight excluding hydrogens is 727 g/mol. The first-order chi connectivity index (χ1) is 26.5. The van der Waals surface area contributed by atoms with Crippen LogP contribution in [0.25, 0.3) is 0 Å². The highest BCUT2D eigenvalue weighted by atomic mass is 16.5. The van der Waals surface area contributed by atoms with E-state index in [0.717, 1.165) is 23.5 Å². The highest BCUT2D eigenvalue weighted by Gasteiger charge is 2.53. The summed E-state index contributed by atoms with van der Waals surface area (Å²) in [6, 6.07) is 4.25. The van der Waals surface area contributed by atoms with Gasteiger partial charge in [0.15, 0.2) is 11.5 Å². The zero-order valence-corrected chi connectivity index (χ0v) is 41.3. The van der Waals surface area contributed by atoms with Gasteiger partial charge in [-0.3, -0.25) is 9.59 Å². The summed E-state index contributed by atoms with van der Waals surface area (Å²) < 4.78 is 25.0. The van der Waals surface area contributed by atoms with Crippen LogP contribution in [-0.2, 0) is 19.1 Å². The molecule has 0 aliphatic rings. The molecule has 0 saturated heterocycles. The fourth-order valence-corrected chi connectivity index (χ4v) is 9.62. The fraction of sp³-hybridized carbons (Fsp3) is 0.837. The van der Waals surface area contributed by atoms with Crippen LogP contribution < -0.4 is 20.9 Å². The second kappa shape index (κ2) is 21.4. The molecule has 4 N–H and O–H groups in total. The maximum absolute atomic E-state index is 15.1. The molecular formula is C49H91N3O6. The van der Waals surface area contributed by atoms with Crippen molar-refractivity contribution in [3.8, 4) is 11.5 Å². The van der Waals surface area contributed by atoms with Gasteiger partial charge < -0.3 is 35.3 Å². The Balaban J connectivity index is 3.80. The summed E-state index contributed by atoms with van der Waals surface area (Å²) in [6.45, 7) is 42.4. The van der Waals surface area contributed by atoms with Gasteiger partial charge in [0, 0.05) is 32.2 Å². The summed E-state index contributed by atoms with van der Waals surface area (Å²) >= 11 is 0. The standard InChI is InChI=1S/C49H91N3O6/c1-22-33(7)41(34(8)38-25-26-39(56-24-3)42(35(38)9)58-29-32(6)28-57-31(4)5)36(10)48(19,51)40(55-21)27-47(18,37(11)45(12,13)14)44(54)52(20)30-49(23-2,43(50)53)46(15,16)17/h25-26,31-34,36-37,40-41H,22-24,27-30,51H2,1-21H3,(H2,50,53)/t32?,33?,34?,36?,37-,40-,41-,47?,48-,49?/m0/s1. The summed E-state index contributed by atoms with van der Waals surface area (Å²) in [5.74, 6) is 1.86. The minimum absolute atomic E-state index is 0.0172. The molecule has 58 heavy (non-hydrogen) atoms. The molecule has 1 aromatic carbocycles. The molecule has 9 heteroatoms. The smallest absolute Gasteiger partial charge is 0.228 e. The second-order valence-electron chi connectivity index (χ2n) is 20.9. The zero-order valence-electron chi connectivity index (χ0n) is 41.3. The van der Waals surface area contributed by atoms with Crippen LogP contribution in [0, 0.1) is 58.2 Å². The van der Waals surface area contributed by atoms with Crippen LogP contribution in [0.2, 0.25) is 0 Å². The second-order valence-corrected chi connectivity index (χ2v) is 20.9. The Morgan fingerprint density at radius 1 is 0.862 bits per heavy atom. The van der Waals surface area contributed by atoms with E-state index in [4.69, 9.17) is 30.4 Å². The Bertz CT molecular complexity index is 1450. The van der Waals surface area contributed by atoms with Gasteiger partial charge in [-0.15, -0.1) is 0 Å². The van der Waals surface area contributed by atoms with E-state index in [0.29, 0.717) is 38.6 Å². The van der Waals surface area contributed by atoms with Crippen LogP contribution in [-0.4, -0.2) is 75.0 Å². The van der Waals surface area contributed by atoms with Gasteiger partial charge in [0.05, 0.1) is 42.9 Å². The van der Waals surface area contributed by atoms with Crippen LogP contribution >= 0.6 is 0 Å². The van der Waals surface area contributed by atoms with Crippen molar-refractivity contribution >= 4 is 11.8 Å². The minimum atomic E-state index is -0.898. The van der Waals surface area contributed by atoms with Gasteiger partial charge in [-0.05, 0) is 105 Å². The van der Waals surface area contributed by atoms with E-state index in [2.05, 4.69) is 95.2 Å². The van der Waals surface area contributed by atoms with Gasteiger partial charge in [-0.1, -0.05) is 109 Å². The number of methoxy groups -OCH3 is 1. The number of hydrogen-bond donors (Lipinski definition) is 2. The number of amides is 2. The quantitative estimate of drug-likeness (QED) is 0.106. The first kappa shape index (κ1) is 53.7. The molecule has 0 heterocycles. The first-order valence-corrected chi connectivity index (χ1v) is 22.3. The summed E-state index contributed by atoms with van der Waals surface area (Å²) in [6.07, 6.45) is 1.62. The normalized spacial score (nSPS) is 19.4. The van der Waals surface area contributed by atoms with E-state index in [9.17, 15) is 4.79 Å². The Hall–Kier alpha value is -2.36. The number of carbonyl (C=O) groups is 2. The third kappa shape index (κ3) is 12.4. The molecule has 2 amide bonds. The minimum Gasteiger partial charge on any atom is -0.490 e. The number of rotatable bonds is 24. The van der Waals surface area contributed by atoms with Gasteiger partial charge >= 0.3 is 0 Å². The molecule has 0 aliphatic carbocycles. The third-order valence-electron chi connectivity index (χ3n) is 14.6. The van der Waals surface area contributed by atoms with E-state index in [1.165, 1.54) is 5.56 Å². The van der Waals surface area contributed by atoms with Gasteiger partial charge in [0.25, 0.3) is 0 Å². The van der Waals surface area contributed by atoms with Crippen molar-refractivity contribution < 1.29 is 28.5 Å². The van der Waals surface area contributed by atoms with E-state index < -0.39 is 27.9 Å². The van der Waals surface area contributed by atoms with Crippen molar-refractivity contribution in [3.63, 3.8) is 0 Å². The molecule has 10 atom stereocenters. The Morgan fingerprint density at radius 2 is 1.43 bits per heavy atom. The van der Waals surface area contributed by atoms with Crippen molar-refractivity contribution in [1.29, 1.82) is 0 Å². The maximum atomic E-state index is 15.1. The topological polar surface area (TPSA) is 126 Å². The van der Waals surface area contributed by atoms with Crippen molar-refractivity contribution in [1.82, 2.24) is 4.90 Å². The van der Waals surface area contributed by atoms with Crippen LogP contribution in [0.15, 0.2) is 12.1 Å². The lowest BCUT2D eigenvalue weighted by Gasteiger charge is -2.51. The molecule has 0 aliphatic heterocycles. The van der Waals surface area contributed by atoms with Gasteiger partial charge in [0.2, 0.25) is 11.8 Å². The molecule has 0 fully saturated rings. The summed E-state index contributed by atoms with van der Waals surface area (Å²) in [4.78, 5) is 30.0. The van der Waals surface area contributed by atoms with Gasteiger partial charge in [-0.25, -0.2) is 0 Å². The Kier molecular flexibility index (Phi) is 19.8. The number of benzene rings is 1. The molecule has 0 radical (unpaired) electrons. The molecule has 338 valence electrons. The zero-order chi connectivity index (χ0) is 45.4. The molecule has 0 saturated carbocycles. The van der Waals surface area contributed by atoms with Crippen molar-refractivity contribution in [2.45, 2.75) is 174 Å². The highest BCUT2D eigenvalue weighted by molar-refractivity contribution is 5.85. The number of ether oxygens (including phenoxy) is 4. The maximum Gasteiger partial charge on any atom is 0.228 e. The highest BCUT2D eigenvalue weighted by Crippen LogP contribution is 2.50. The first-order valence-electron chi connectivity index (χ1n) is 22.3. The number of nitrogens with two attached hydrogens (primary N) is 2. The molecule has 0 bridgehead atoms. The monoisotopic (exact) mass is 818 g/mol. The Labute approximate surface area is 356 Å². The average molecular weight is 818 g/mol. The van der Waals surface area contributed by atoms with Crippen molar-refractivity contribution in [2.75, 3.05) is 40.5 Å². The van der Waals surface area contributed by atoms with Crippen LogP contribution in [0.3, 0.4) is 0 Å². The third-order valence-corrected chi connectivity index (χ3v) is 14.6. The summed E-state index contributed by atoms with van der Waals surface area (Å²) in [5.41, 5.74) is 12.8. The van der Waals surface area contributed by atoms with E-state index in [-0.39, 0.29) is 59.5 Å². The SMILES string of the molecule is CCOc1ccc(C(C)[C@H](C(C)CC)C(C)[C@](C)(N)[C@H](CC(C)(C(=O)N(C)CC(CC)(C(N)=O)C(C)(C)C)[C@@H](C)C(C)(C)C)OC)c(C)c1OCC(C)COC(C)C. The van der Waals surface area contributed by atoms with E-state index in [1.54, 1.807) is 12.0 Å². The fourth-order valence-electron chi connectivity index (χ4n) is 9.62. The average Bonchev–Trinajstić information content (AvgIpc) is 3.12. The number of primary amides is 1. The lowest BCUT2D eigenvalue weighted by Crippen LogP contribution is -2.61. The summed E-state index contributed by atoms with van der Waals surface area (Å²) in [7, 11) is 3.54. The van der Waals surface area contributed by atoms with Crippen LogP contribution in [0.1, 0.15) is 161 Å². The Morgan fingerprint density at radius 3 is 1.86 bits per heavy atom. The van der Waals surface area contributed by atoms with Crippen molar-refractivity contribution in [2.24, 2.45) is 62.7 Å². The molecule has 1 aromatic rings. The van der Waals surface area contributed by atoms with Gasteiger partial charge in [-0.2, -0.15) is 0 Å². The summed E-state index contributed by atoms with van der Waals surface area (Å²) in [5, 5.41) is 0. The van der Waals surface area contributed by atoms with E-state index in [1.807, 2.05) is 55.5 Å². The van der Waals surface area contributed by atoms with Crippen LogP contribution in [0.5, 0.6) is 11.5 Å². The van der Waals surface area contributed by atoms with Gasteiger partial charge in [0.1, 0.15) is 0 Å². The molecule has 0 aromatic heterocycles. The molecule has 1 rings (SSSR count). The van der Waals surface area contributed by atoms with E-state index >= 15 is 4.79 Å². The largest absolute Gasteiger partial charge is 0.490 e. The molecule has 9 nitrogen and oxygen atoms in total. The predicted molar refractivity (Wildman–Crippen MR) is 242 cm³/mol. The lowest BCUT2D eigenvalue weighted by atomic mass is 9.59. The predicted octanol–water partition coefficient (Wildman–Crippen LogP) is 10.4. The number of nitrogens with zero attached hydrogens (tertiary/aromatic N) is 1. The van der Waals surface area contributed by atoms with Crippen LogP contribution in [0.4, 0.5) is 0 Å². The van der Waals surface area contributed by atoms with Crippen molar-refractivity contribution in [3.05, 3.63) is 23.3 Å². The number of hydrogen-bond acceptors (Lipinski definition) is 7. The number of carbonyl (C=O) groups excluding carboxylic acids is 2. The lowest BCUT2D eigenvalue weighted by molar-refractivity contribution is -0.155.